The molecule has 0 aliphatic carbocycles. The van der Waals surface area contributed by atoms with Crippen molar-refractivity contribution in [2.45, 2.75) is 11.8 Å². The van der Waals surface area contributed by atoms with Crippen LogP contribution in [0.2, 0.25) is 0 Å². The van der Waals surface area contributed by atoms with Crippen molar-refractivity contribution >= 4 is 27.3 Å². The lowest BCUT2D eigenvalue weighted by Crippen LogP contribution is -2.15. The molecule has 1 heterocycles. The average molecular weight is 404 g/mol. The summed E-state index contributed by atoms with van der Waals surface area (Å²) in [6.45, 7) is 1.71. The first-order valence-corrected chi connectivity index (χ1v) is 9.61. The minimum Gasteiger partial charge on any atom is -0.495 e. The van der Waals surface area contributed by atoms with Gasteiger partial charge in [0.25, 0.3) is 15.9 Å². The van der Waals surface area contributed by atoms with Crippen molar-refractivity contribution in [3.8, 4) is 5.75 Å². The van der Waals surface area contributed by atoms with Crippen LogP contribution in [0.3, 0.4) is 0 Å². The SMILES string of the molecule is COc1ccc(NC(=O)c2ccc(C)o2)cc1NS(=O)(=O)c1ccc(F)cc1. The molecule has 0 radical (unpaired) electrons. The number of benzene rings is 2. The Hall–Kier alpha value is -3.33. The van der Waals surface area contributed by atoms with E-state index in [2.05, 4.69) is 10.0 Å². The van der Waals surface area contributed by atoms with E-state index >= 15 is 0 Å². The fourth-order valence-corrected chi connectivity index (χ4v) is 3.49. The van der Waals surface area contributed by atoms with Gasteiger partial charge in [-0.2, -0.15) is 0 Å². The molecular formula is C19H17FN2O5S. The molecule has 146 valence electrons. The summed E-state index contributed by atoms with van der Waals surface area (Å²) in [4.78, 5) is 12.1. The number of methoxy groups -OCH3 is 1. The third-order valence-corrected chi connectivity index (χ3v) is 5.17. The molecule has 28 heavy (non-hydrogen) atoms. The van der Waals surface area contributed by atoms with E-state index in [0.717, 1.165) is 24.3 Å². The fourth-order valence-electron chi connectivity index (χ4n) is 2.43. The van der Waals surface area contributed by atoms with E-state index in [1.165, 1.54) is 25.3 Å². The van der Waals surface area contributed by atoms with Gasteiger partial charge >= 0.3 is 0 Å². The van der Waals surface area contributed by atoms with Crippen molar-refractivity contribution in [3.05, 3.63) is 71.9 Å². The van der Waals surface area contributed by atoms with E-state index in [-0.39, 0.29) is 22.1 Å². The van der Waals surface area contributed by atoms with Crippen LogP contribution in [0.25, 0.3) is 0 Å². The fraction of sp³-hybridized carbons (Fsp3) is 0.105. The molecule has 2 aromatic carbocycles. The number of hydrogen-bond acceptors (Lipinski definition) is 5. The highest BCUT2D eigenvalue weighted by atomic mass is 32.2. The maximum Gasteiger partial charge on any atom is 0.291 e. The number of hydrogen-bond donors (Lipinski definition) is 2. The number of rotatable bonds is 6. The number of nitrogens with one attached hydrogen (secondary N) is 2. The minimum absolute atomic E-state index is 0.111. The zero-order valence-electron chi connectivity index (χ0n) is 15.0. The van der Waals surface area contributed by atoms with Gasteiger partial charge in [0, 0.05) is 5.69 Å². The van der Waals surface area contributed by atoms with E-state index in [9.17, 15) is 17.6 Å². The van der Waals surface area contributed by atoms with Crippen molar-refractivity contribution in [1.82, 2.24) is 0 Å². The van der Waals surface area contributed by atoms with Crippen LogP contribution >= 0.6 is 0 Å². The lowest BCUT2D eigenvalue weighted by Gasteiger charge is -2.14. The molecule has 0 spiro atoms. The highest BCUT2D eigenvalue weighted by molar-refractivity contribution is 7.92. The Labute approximate surface area is 161 Å². The topological polar surface area (TPSA) is 97.6 Å². The van der Waals surface area contributed by atoms with Gasteiger partial charge in [-0.05, 0) is 61.5 Å². The van der Waals surface area contributed by atoms with Crippen LogP contribution in [0.5, 0.6) is 5.75 Å². The second kappa shape index (κ2) is 7.73. The van der Waals surface area contributed by atoms with Crippen LogP contribution in [0.1, 0.15) is 16.3 Å². The summed E-state index contributed by atoms with van der Waals surface area (Å²) < 4.78 is 51.0. The molecule has 3 rings (SSSR count). The number of aryl methyl sites for hydroxylation is 1. The number of furan rings is 1. The first kappa shape index (κ1) is 19.4. The molecular weight excluding hydrogens is 387 g/mol. The maximum absolute atomic E-state index is 13.1. The molecule has 0 fully saturated rings. The Morgan fingerprint density at radius 3 is 2.39 bits per heavy atom. The number of ether oxygens (including phenoxy) is 1. The molecule has 0 aliphatic rings. The zero-order chi connectivity index (χ0) is 20.3. The Morgan fingerprint density at radius 2 is 1.79 bits per heavy atom. The van der Waals surface area contributed by atoms with Gasteiger partial charge in [-0.25, -0.2) is 12.8 Å². The summed E-state index contributed by atoms with van der Waals surface area (Å²) in [5, 5.41) is 2.62. The predicted octanol–water partition coefficient (Wildman–Crippen LogP) is 3.79. The number of carbonyl (C=O) groups excluding carboxylic acids is 1. The Bertz CT molecular complexity index is 1110. The van der Waals surface area contributed by atoms with Crippen molar-refractivity contribution in [2.75, 3.05) is 17.1 Å². The maximum atomic E-state index is 13.1. The third kappa shape index (κ3) is 4.32. The molecule has 0 bridgehead atoms. The van der Waals surface area contributed by atoms with E-state index in [4.69, 9.17) is 9.15 Å². The van der Waals surface area contributed by atoms with Gasteiger partial charge in [-0.15, -0.1) is 0 Å². The molecule has 9 heteroatoms. The van der Waals surface area contributed by atoms with Crippen LogP contribution in [0.4, 0.5) is 15.8 Å². The Balaban J connectivity index is 1.86. The molecule has 0 unspecified atom stereocenters. The predicted molar refractivity (Wildman–Crippen MR) is 102 cm³/mol. The summed E-state index contributed by atoms with van der Waals surface area (Å²) in [7, 11) is -2.60. The van der Waals surface area contributed by atoms with Gasteiger partial charge in [-0.3, -0.25) is 9.52 Å². The monoisotopic (exact) mass is 404 g/mol. The molecule has 3 aromatic rings. The van der Waals surface area contributed by atoms with Crippen LogP contribution in [0.15, 0.2) is 63.9 Å². The molecule has 0 aliphatic heterocycles. The van der Waals surface area contributed by atoms with Gasteiger partial charge in [0.2, 0.25) is 0 Å². The molecule has 7 nitrogen and oxygen atoms in total. The Morgan fingerprint density at radius 1 is 1.07 bits per heavy atom. The normalized spacial score (nSPS) is 11.1. The average Bonchev–Trinajstić information content (AvgIpc) is 3.08. The highest BCUT2D eigenvalue weighted by Gasteiger charge is 2.18. The number of sulfonamides is 1. The summed E-state index contributed by atoms with van der Waals surface area (Å²) in [5.41, 5.74) is 0.442. The summed E-state index contributed by atoms with van der Waals surface area (Å²) in [6, 6.07) is 12.1. The summed E-state index contributed by atoms with van der Waals surface area (Å²) >= 11 is 0. The van der Waals surface area contributed by atoms with Crippen LogP contribution in [-0.2, 0) is 10.0 Å². The van der Waals surface area contributed by atoms with Gasteiger partial charge in [0.1, 0.15) is 17.3 Å². The lowest BCUT2D eigenvalue weighted by molar-refractivity contribution is 0.0995. The summed E-state index contributed by atoms with van der Waals surface area (Å²) in [6.07, 6.45) is 0. The molecule has 1 aromatic heterocycles. The number of carbonyl (C=O) groups is 1. The molecule has 0 saturated heterocycles. The molecule has 2 N–H and O–H groups in total. The first-order chi connectivity index (χ1) is 13.3. The number of anilines is 2. The van der Waals surface area contributed by atoms with Crippen LogP contribution < -0.4 is 14.8 Å². The van der Waals surface area contributed by atoms with E-state index in [1.807, 2.05) is 0 Å². The molecule has 1 amide bonds. The van der Waals surface area contributed by atoms with Crippen LogP contribution in [0, 0.1) is 12.7 Å². The third-order valence-electron chi connectivity index (χ3n) is 3.79. The standard InChI is InChI=1S/C19H17FN2O5S/c1-12-3-9-18(27-12)19(23)21-14-6-10-17(26-2)16(11-14)22-28(24,25)15-7-4-13(20)5-8-15/h3-11,22H,1-2H3,(H,21,23). The van der Waals surface area contributed by atoms with Gasteiger partial charge in [-0.1, -0.05) is 0 Å². The second-order valence-electron chi connectivity index (χ2n) is 5.84. The van der Waals surface area contributed by atoms with E-state index in [0.29, 0.717) is 11.4 Å². The van der Waals surface area contributed by atoms with E-state index < -0.39 is 21.7 Å². The number of amides is 1. The zero-order valence-corrected chi connectivity index (χ0v) is 15.8. The smallest absolute Gasteiger partial charge is 0.291 e. The Kier molecular flexibility index (Phi) is 5.36. The highest BCUT2D eigenvalue weighted by Crippen LogP contribution is 2.30. The van der Waals surface area contributed by atoms with Gasteiger partial charge < -0.3 is 14.5 Å². The van der Waals surface area contributed by atoms with Gasteiger partial charge in [0.05, 0.1) is 17.7 Å². The quantitative estimate of drug-likeness (QED) is 0.651. The molecule has 0 atom stereocenters. The van der Waals surface area contributed by atoms with Crippen molar-refractivity contribution in [2.24, 2.45) is 0 Å². The first-order valence-electron chi connectivity index (χ1n) is 8.13. The van der Waals surface area contributed by atoms with E-state index in [1.54, 1.807) is 19.1 Å². The van der Waals surface area contributed by atoms with Crippen molar-refractivity contribution in [3.63, 3.8) is 0 Å². The second-order valence-corrected chi connectivity index (χ2v) is 7.52. The molecule has 0 saturated carbocycles. The lowest BCUT2D eigenvalue weighted by atomic mass is 10.2. The number of halogens is 1. The van der Waals surface area contributed by atoms with Crippen molar-refractivity contribution in [1.29, 1.82) is 0 Å². The largest absolute Gasteiger partial charge is 0.495 e. The van der Waals surface area contributed by atoms with Crippen LogP contribution in [-0.4, -0.2) is 21.4 Å². The minimum atomic E-state index is -3.98. The van der Waals surface area contributed by atoms with Crippen molar-refractivity contribution < 1.29 is 26.8 Å². The van der Waals surface area contributed by atoms with Gasteiger partial charge in [0.15, 0.2) is 5.76 Å². The summed E-state index contributed by atoms with van der Waals surface area (Å²) in [5.74, 6) is -0.0630.